The number of rotatable bonds is 6. The van der Waals surface area contributed by atoms with Crippen LogP contribution in [0.3, 0.4) is 0 Å². The third-order valence-electron chi connectivity index (χ3n) is 4.24. The first kappa shape index (κ1) is 15.4. The molecule has 0 aliphatic heterocycles. The molecule has 1 amide bonds. The van der Waals surface area contributed by atoms with Crippen molar-refractivity contribution in [3.63, 3.8) is 0 Å². The van der Waals surface area contributed by atoms with Crippen LogP contribution in [0.2, 0.25) is 0 Å². The lowest BCUT2D eigenvalue weighted by Gasteiger charge is -2.49. The summed E-state index contributed by atoms with van der Waals surface area (Å²) >= 11 is 1.51. The van der Waals surface area contributed by atoms with Crippen LogP contribution >= 0.6 is 11.3 Å². The van der Waals surface area contributed by atoms with Crippen LogP contribution < -0.4 is 5.73 Å². The smallest absolute Gasteiger partial charge is 0.273 e. The van der Waals surface area contributed by atoms with E-state index in [4.69, 9.17) is 5.73 Å². The first-order valence-electron chi connectivity index (χ1n) is 7.06. The van der Waals surface area contributed by atoms with Crippen molar-refractivity contribution in [2.75, 3.05) is 34.2 Å². The van der Waals surface area contributed by atoms with E-state index in [1.165, 1.54) is 17.8 Å². The second-order valence-corrected chi connectivity index (χ2v) is 6.74. The molecule has 2 rings (SSSR count). The Hall–Kier alpha value is -0.980. The Labute approximate surface area is 124 Å². The molecule has 5 nitrogen and oxygen atoms in total. The van der Waals surface area contributed by atoms with Gasteiger partial charge < -0.3 is 15.5 Å². The quantitative estimate of drug-likeness (QED) is 0.857. The number of thiazole rings is 1. The highest BCUT2D eigenvalue weighted by Gasteiger charge is 2.40. The third-order valence-corrected chi connectivity index (χ3v) is 5.15. The van der Waals surface area contributed by atoms with Crippen molar-refractivity contribution >= 4 is 17.2 Å². The van der Waals surface area contributed by atoms with E-state index in [9.17, 15) is 4.79 Å². The van der Waals surface area contributed by atoms with Gasteiger partial charge in [-0.1, -0.05) is 0 Å². The fourth-order valence-electron chi connectivity index (χ4n) is 2.69. The number of amides is 1. The van der Waals surface area contributed by atoms with Crippen LogP contribution in [0.15, 0.2) is 5.38 Å². The second-order valence-electron chi connectivity index (χ2n) is 5.80. The molecule has 1 heterocycles. The van der Waals surface area contributed by atoms with Gasteiger partial charge in [0.25, 0.3) is 5.91 Å². The number of hydrogen-bond donors (Lipinski definition) is 1. The van der Waals surface area contributed by atoms with E-state index in [-0.39, 0.29) is 11.4 Å². The maximum absolute atomic E-state index is 12.4. The SMILES string of the molecule is CN(CC1(N(C)C)CCC1)C(=O)c1csc(CCN)n1. The van der Waals surface area contributed by atoms with Gasteiger partial charge in [-0.25, -0.2) is 4.98 Å². The molecule has 6 heteroatoms. The molecule has 1 aromatic heterocycles. The summed E-state index contributed by atoms with van der Waals surface area (Å²) in [5.74, 6) is 0.0117. The summed E-state index contributed by atoms with van der Waals surface area (Å²) in [5, 5.41) is 2.78. The van der Waals surface area contributed by atoms with Crippen molar-refractivity contribution in [2.24, 2.45) is 5.73 Å². The summed E-state index contributed by atoms with van der Waals surface area (Å²) in [7, 11) is 6.06. The number of carbonyl (C=O) groups excluding carboxylic acids is 1. The van der Waals surface area contributed by atoms with Gasteiger partial charge in [0.05, 0.1) is 5.01 Å². The minimum Gasteiger partial charge on any atom is -0.338 e. The van der Waals surface area contributed by atoms with Gasteiger partial charge in [0, 0.05) is 30.9 Å². The number of nitrogens with zero attached hydrogens (tertiary/aromatic N) is 3. The summed E-state index contributed by atoms with van der Waals surface area (Å²) in [4.78, 5) is 20.9. The van der Waals surface area contributed by atoms with Crippen molar-refractivity contribution in [1.82, 2.24) is 14.8 Å². The maximum atomic E-state index is 12.4. The minimum atomic E-state index is 0.0117. The summed E-state index contributed by atoms with van der Waals surface area (Å²) in [6.07, 6.45) is 4.31. The predicted molar refractivity (Wildman–Crippen MR) is 82.1 cm³/mol. The van der Waals surface area contributed by atoms with Gasteiger partial charge in [-0.15, -0.1) is 11.3 Å². The normalized spacial score (nSPS) is 17.1. The molecule has 1 saturated carbocycles. The lowest BCUT2D eigenvalue weighted by Crippen LogP contribution is -2.57. The first-order chi connectivity index (χ1) is 9.48. The van der Waals surface area contributed by atoms with Crippen molar-refractivity contribution in [3.8, 4) is 0 Å². The Morgan fingerprint density at radius 1 is 1.45 bits per heavy atom. The van der Waals surface area contributed by atoms with Gasteiger partial charge in [-0.3, -0.25) is 4.79 Å². The summed E-state index contributed by atoms with van der Waals surface area (Å²) in [6.45, 7) is 1.34. The number of hydrogen-bond acceptors (Lipinski definition) is 5. The predicted octanol–water partition coefficient (Wildman–Crippen LogP) is 1.20. The van der Waals surface area contributed by atoms with Gasteiger partial charge in [0.1, 0.15) is 5.69 Å². The molecule has 0 bridgehead atoms. The van der Waals surface area contributed by atoms with Crippen LogP contribution in [-0.4, -0.2) is 60.5 Å². The standard InChI is InChI=1S/C14H24N4OS/c1-17(2)14(6-4-7-14)10-18(3)13(19)11-9-20-12(16-11)5-8-15/h9H,4-8,10,15H2,1-3H3. The van der Waals surface area contributed by atoms with Gasteiger partial charge in [0.2, 0.25) is 0 Å². The molecule has 1 fully saturated rings. The number of aromatic nitrogens is 1. The second kappa shape index (κ2) is 6.20. The summed E-state index contributed by atoms with van der Waals surface area (Å²) < 4.78 is 0. The van der Waals surface area contributed by atoms with Crippen molar-refractivity contribution in [1.29, 1.82) is 0 Å². The topological polar surface area (TPSA) is 62.5 Å². The van der Waals surface area contributed by atoms with E-state index in [2.05, 4.69) is 24.0 Å². The molecule has 1 aromatic rings. The average molecular weight is 296 g/mol. The number of likely N-dealkylation sites (N-methyl/N-ethyl adjacent to an activating group) is 2. The van der Waals surface area contributed by atoms with Gasteiger partial charge in [-0.05, 0) is 39.9 Å². The molecular formula is C14H24N4OS. The van der Waals surface area contributed by atoms with Crippen LogP contribution in [0.1, 0.15) is 34.8 Å². The molecule has 1 aliphatic carbocycles. The fraction of sp³-hybridized carbons (Fsp3) is 0.714. The van der Waals surface area contributed by atoms with E-state index >= 15 is 0 Å². The molecule has 0 spiro atoms. The fourth-order valence-corrected chi connectivity index (χ4v) is 3.48. The molecule has 20 heavy (non-hydrogen) atoms. The summed E-state index contributed by atoms with van der Waals surface area (Å²) in [6, 6.07) is 0. The van der Waals surface area contributed by atoms with E-state index in [0.717, 1.165) is 30.8 Å². The Bertz CT molecular complexity index is 467. The zero-order valence-electron chi connectivity index (χ0n) is 12.6. The zero-order chi connectivity index (χ0) is 14.8. The zero-order valence-corrected chi connectivity index (χ0v) is 13.4. The van der Waals surface area contributed by atoms with Crippen molar-refractivity contribution in [3.05, 3.63) is 16.1 Å². The Morgan fingerprint density at radius 3 is 2.65 bits per heavy atom. The van der Waals surface area contributed by atoms with Crippen LogP contribution in [0, 0.1) is 0 Å². The highest BCUT2D eigenvalue weighted by molar-refractivity contribution is 7.09. The average Bonchev–Trinajstić information content (AvgIpc) is 2.81. The first-order valence-corrected chi connectivity index (χ1v) is 7.94. The van der Waals surface area contributed by atoms with Crippen molar-refractivity contribution in [2.45, 2.75) is 31.2 Å². The Kier molecular flexibility index (Phi) is 4.78. The van der Waals surface area contributed by atoms with Crippen LogP contribution in [-0.2, 0) is 6.42 Å². The van der Waals surface area contributed by atoms with E-state index < -0.39 is 0 Å². The highest BCUT2D eigenvalue weighted by atomic mass is 32.1. The van der Waals surface area contributed by atoms with Gasteiger partial charge in [-0.2, -0.15) is 0 Å². The highest BCUT2D eigenvalue weighted by Crippen LogP contribution is 2.36. The van der Waals surface area contributed by atoms with Crippen LogP contribution in [0.5, 0.6) is 0 Å². The van der Waals surface area contributed by atoms with Crippen LogP contribution in [0.25, 0.3) is 0 Å². The monoisotopic (exact) mass is 296 g/mol. The van der Waals surface area contributed by atoms with Gasteiger partial charge in [0.15, 0.2) is 0 Å². The Morgan fingerprint density at radius 2 is 2.15 bits per heavy atom. The summed E-state index contributed by atoms with van der Waals surface area (Å²) in [5.41, 5.74) is 6.22. The number of carbonyl (C=O) groups is 1. The molecule has 0 saturated heterocycles. The molecule has 2 N–H and O–H groups in total. The maximum Gasteiger partial charge on any atom is 0.273 e. The molecule has 0 aromatic carbocycles. The lowest BCUT2D eigenvalue weighted by molar-refractivity contribution is 0.0250. The Balaban J connectivity index is 2.00. The van der Waals surface area contributed by atoms with Crippen molar-refractivity contribution < 1.29 is 4.79 Å². The molecule has 112 valence electrons. The molecular weight excluding hydrogens is 272 g/mol. The van der Waals surface area contributed by atoms with E-state index in [1.54, 1.807) is 4.90 Å². The number of nitrogens with two attached hydrogens (primary N) is 1. The molecule has 0 radical (unpaired) electrons. The molecule has 0 unspecified atom stereocenters. The largest absolute Gasteiger partial charge is 0.338 e. The minimum absolute atomic E-state index is 0.0117. The molecule has 0 atom stereocenters. The molecule has 1 aliphatic rings. The van der Waals surface area contributed by atoms with E-state index in [0.29, 0.717) is 12.2 Å². The van der Waals surface area contributed by atoms with Gasteiger partial charge >= 0.3 is 0 Å². The third kappa shape index (κ3) is 3.02. The lowest BCUT2D eigenvalue weighted by atomic mass is 9.75. The van der Waals surface area contributed by atoms with E-state index in [1.807, 2.05) is 12.4 Å². The van der Waals surface area contributed by atoms with Crippen LogP contribution in [0.4, 0.5) is 0 Å².